The summed E-state index contributed by atoms with van der Waals surface area (Å²) < 4.78 is 5.78. The molecule has 0 spiro atoms. The zero-order valence-corrected chi connectivity index (χ0v) is 9.34. The van der Waals surface area contributed by atoms with E-state index in [4.69, 9.17) is 17.0 Å². The van der Waals surface area contributed by atoms with E-state index < -0.39 is 0 Å². The molecule has 0 aromatic rings. The van der Waals surface area contributed by atoms with Crippen molar-refractivity contribution in [1.29, 1.82) is 0 Å². The number of hydrogen-bond donors (Lipinski definition) is 0. The van der Waals surface area contributed by atoms with Gasteiger partial charge in [-0.1, -0.05) is 38.3 Å². The van der Waals surface area contributed by atoms with Gasteiger partial charge in [0.05, 0.1) is 0 Å². The maximum atomic E-state index is 5.15. The van der Waals surface area contributed by atoms with Crippen LogP contribution in [0.1, 0.15) is 20.3 Å². The van der Waals surface area contributed by atoms with Crippen molar-refractivity contribution in [3.63, 3.8) is 0 Å². The molecular weight excluding hydrogens is 188 g/mol. The summed E-state index contributed by atoms with van der Waals surface area (Å²) in [7, 11) is 0. The molecule has 0 aliphatic rings. The first-order chi connectivity index (χ1) is 5.66. The summed E-state index contributed by atoms with van der Waals surface area (Å²) in [6, 6.07) is 0. The highest BCUT2D eigenvalue weighted by atomic mass is 32.2. The van der Waals surface area contributed by atoms with Gasteiger partial charge in [-0.3, -0.25) is 0 Å². The van der Waals surface area contributed by atoms with Gasteiger partial charge in [0.1, 0.15) is 6.61 Å². The van der Waals surface area contributed by atoms with E-state index in [2.05, 4.69) is 20.4 Å². The van der Waals surface area contributed by atoms with Crippen molar-refractivity contribution in [3.8, 4) is 0 Å². The molecule has 0 radical (unpaired) electrons. The van der Waals surface area contributed by atoms with E-state index in [-0.39, 0.29) is 0 Å². The predicted octanol–water partition coefficient (Wildman–Crippen LogP) is 3.25. The Bertz CT molecular complexity index is 143. The molecule has 0 aliphatic carbocycles. The van der Waals surface area contributed by atoms with Crippen molar-refractivity contribution in [2.75, 3.05) is 12.4 Å². The summed E-state index contributed by atoms with van der Waals surface area (Å²) in [6.07, 6.45) is 2.89. The van der Waals surface area contributed by atoms with Gasteiger partial charge in [0, 0.05) is 5.75 Å². The maximum absolute atomic E-state index is 5.15. The Morgan fingerprint density at radius 3 is 2.83 bits per heavy atom. The number of thiocarbonyl (C=S) groups is 1. The molecule has 0 saturated carbocycles. The molecule has 0 amide bonds. The van der Waals surface area contributed by atoms with Crippen LogP contribution in [0.4, 0.5) is 0 Å². The molecule has 0 aliphatic heterocycles. The zero-order chi connectivity index (χ0) is 9.40. The van der Waals surface area contributed by atoms with Crippen LogP contribution in [0.15, 0.2) is 12.7 Å². The largest absolute Gasteiger partial charge is 0.474 e. The van der Waals surface area contributed by atoms with Gasteiger partial charge in [-0.15, -0.1) is 0 Å². The summed E-state index contributed by atoms with van der Waals surface area (Å²) in [5.41, 5.74) is 0. The first kappa shape index (κ1) is 12.0. The van der Waals surface area contributed by atoms with Gasteiger partial charge in [-0.25, -0.2) is 0 Å². The summed E-state index contributed by atoms with van der Waals surface area (Å²) in [4.78, 5) is 0. The van der Waals surface area contributed by atoms with Gasteiger partial charge in [0.15, 0.2) is 0 Å². The third-order valence-electron chi connectivity index (χ3n) is 1.23. The third-order valence-corrected chi connectivity index (χ3v) is 2.50. The Kier molecular flexibility index (Phi) is 7.61. The van der Waals surface area contributed by atoms with Crippen LogP contribution in [0, 0.1) is 5.92 Å². The highest BCUT2D eigenvalue weighted by molar-refractivity contribution is 8.22. The summed E-state index contributed by atoms with van der Waals surface area (Å²) in [5, 5.41) is 0. The second kappa shape index (κ2) is 7.62. The Hall–Kier alpha value is -0.0200. The lowest BCUT2D eigenvalue weighted by atomic mass is 10.2. The lowest BCUT2D eigenvalue weighted by Gasteiger charge is -2.05. The second-order valence-electron chi connectivity index (χ2n) is 2.88. The molecule has 0 atom stereocenters. The zero-order valence-electron chi connectivity index (χ0n) is 7.71. The maximum Gasteiger partial charge on any atom is 0.220 e. The topological polar surface area (TPSA) is 9.23 Å². The highest BCUT2D eigenvalue weighted by Crippen LogP contribution is 2.11. The SMILES string of the molecule is C=CCOC(=S)SCCC(C)C. The van der Waals surface area contributed by atoms with E-state index in [9.17, 15) is 0 Å². The molecule has 0 aromatic carbocycles. The molecule has 1 nitrogen and oxygen atoms in total. The fourth-order valence-corrected chi connectivity index (χ4v) is 1.77. The fourth-order valence-electron chi connectivity index (χ4n) is 0.547. The number of thioether (sulfide) groups is 1. The van der Waals surface area contributed by atoms with Crippen LogP contribution < -0.4 is 0 Å². The Morgan fingerprint density at radius 2 is 2.33 bits per heavy atom. The van der Waals surface area contributed by atoms with Gasteiger partial charge in [-0.05, 0) is 24.6 Å². The van der Waals surface area contributed by atoms with E-state index in [0.717, 1.165) is 11.7 Å². The summed E-state index contributed by atoms with van der Waals surface area (Å²) >= 11 is 6.57. The molecule has 12 heavy (non-hydrogen) atoms. The third kappa shape index (κ3) is 8.08. The van der Waals surface area contributed by atoms with Crippen LogP contribution in [0.25, 0.3) is 0 Å². The minimum Gasteiger partial charge on any atom is -0.474 e. The molecule has 0 rings (SSSR count). The van der Waals surface area contributed by atoms with Gasteiger partial charge < -0.3 is 4.74 Å². The number of rotatable bonds is 5. The molecule has 70 valence electrons. The van der Waals surface area contributed by atoms with Crippen molar-refractivity contribution in [1.82, 2.24) is 0 Å². The van der Waals surface area contributed by atoms with E-state index in [1.165, 1.54) is 6.42 Å². The Labute approximate surface area is 84.6 Å². The van der Waals surface area contributed by atoms with E-state index in [1.807, 2.05) is 0 Å². The first-order valence-electron chi connectivity index (χ1n) is 4.07. The predicted molar refractivity (Wildman–Crippen MR) is 60.7 cm³/mol. The number of hydrogen-bond acceptors (Lipinski definition) is 3. The number of ether oxygens (including phenoxy) is 1. The average molecular weight is 204 g/mol. The van der Waals surface area contributed by atoms with Crippen LogP contribution in [0.3, 0.4) is 0 Å². The standard InChI is InChI=1S/C9H16OS2/c1-4-6-10-9(11)12-7-5-8(2)3/h4,8H,1,5-7H2,2-3H3. The van der Waals surface area contributed by atoms with Gasteiger partial charge >= 0.3 is 0 Å². The Balaban J connectivity index is 3.25. The average Bonchev–Trinajstić information content (AvgIpc) is 2.00. The minimum absolute atomic E-state index is 0.521. The normalized spacial score (nSPS) is 9.92. The molecule has 0 aromatic heterocycles. The van der Waals surface area contributed by atoms with E-state index >= 15 is 0 Å². The molecule has 0 saturated heterocycles. The van der Waals surface area contributed by atoms with Crippen LogP contribution in [-0.2, 0) is 4.74 Å². The van der Waals surface area contributed by atoms with Gasteiger partial charge in [0.25, 0.3) is 0 Å². The highest BCUT2D eigenvalue weighted by Gasteiger charge is 1.98. The first-order valence-corrected chi connectivity index (χ1v) is 5.46. The van der Waals surface area contributed by atoms with Gasteiger partial charge in [0.2, 0.25) is 4.38 Å². The van der Waals surface area contributed by atoms with Crippen LogP contribution in [-0.4, -0.2) is 16.7 Å². The van der Waals surface area contributed by atoms with E-state index in [1.54, 1.807) is 17.8 Å². The van der Waals surface area contributed by atoms with Crippen molar-refractivity contribution in [2.24, 2.45) is 5.92 Å². The Morgan fingerprint density at radius 1 is 1.67 bits per heavy atom. The lowest BCUT2D eigenvalue weighted by molar-refractivity contribution is 0.371. The van der Waals surface area contributed by atoms with Crippen molar-refractivity contribution in [2.45, 2.75) is 20.3 Å². The van der Waals surface area contributed by atoms with Crippen molar-refractivity contribution >= 4 is 28.4 Å². The molecular formula is C9H16OS2. The molecule has 0 heterocycles. The van der Waals surface area contributed by atoms with Crippen LogP contribution in [0.5, 0.6) is 0 Å². The lowest BCUT2D eigenvalue weighted by Crippen LogP contribution is -1.99. The molecule has 3 heteroatoms. The smallest absolute Gasteiger partial charge is 0.220 e. The van der Waals surface area contributed by atoms with Crippen molar-refractivity contribution < 1.29 is 4.74 Å². The van der Waals surface area contributed by atoms with Crippen LogP contribution >= 0.6 is 24.0 Å². The minimum atomic E-state index is 0.521. The summed E-state index contributed by atoms with van der Waals surface area (Å²) in [5.74, 6) is 1.79. The summed E-state index contributed by atoms with van der Waals surface area (Å²) in [6.45, 7) is 8.47. The molecule has 0 bridgehead atoms. The molecule has 0 fully saturated rings. The van der Waals surface area contributed by atoms with E-state index in [0.29, 0.717) is 11.0 Å². The van der Waals surface area contributed by atoms with Gasteiger partial charge in [-0.2, -0.15) is 0 Å². The fraction of sp³-hybridized carbons (Fsp3) is 0.667. The van der Waals surface area contributed by atoms with Crippen LogP contribution in [0.2, 0.25) is 0 Å². The van der Waals surface area contributed by atoms with Crippen molar-refractivity contribution in [3.05, 3.63) is 12.7 Å². The quantitative estimate of drug-likeness (QED) is 0.502. The molecule has 0 N–H and O–H groups in total. The second-order valence-corrected chi connectivity index (χ2v) is 4.58. The monoisotopic (exact) mass is 204 g/mol. The molecule has 0 unspecified atom stereocenters.